The van der Waals surface area contributed by atoms with Crippen molar-refractivity contribution in [2.45, 2.75) is 69.6 Å². The largest absolute Gasteiger partial charge is 0.417 e. The average molecular weight is 549 g/mol. The first-order valence-corrected chi connectivity index (χ1v) is 13.3. The molecule has 214 valence electrons. The van der Waals surface area contributed by atoms with E-state index in [4.69, 9.17) is 0 Å². The molecule has 10 heteroatoms. The Morgan fingerprint density at radius 2 is 1.23 bits per heavy atom. The summed E-state index contributed by atoms with van der Waals surface area (Å²) in [5, 5.41) is 8.82. The molecule has 1 fully saturated rings. The first kappa shape index (κ1) is 31.8. The van der Waals surface area contributed by atoms with Gasteiger partial charge in [0.05, 0.1) is 12.6 Å². The van der Waals surface area contributed by atoms with Crippen molar-refractivity contribution in [2.24, 2.45) is 0 Å². The smallest absolute Gasteiger partial charge is 0.353 e. The third kappa shape index (κ3) is 11.5. The van der Waals surface area contributed by atoms with Gasteiger partial charge in [0.15, 0.2) is 0 Å². The van der Waals surface area contributed by atoms with Crippen LogP contribution in [-0.2, 0) is 14.4 Å². The number of carbonyl (C=O) groups is 3. The molecule has 0 spiro atoms. The molecule has 2 aromatic carbocycles. The van der Waals surface area contributed by atoms with E-state index in [0.717, 1.165) is 11.1 Å². The Hall–Kier alpha value is -3.40. The van der Waals surface area contributed by atoms with Gasteiger partial charge in [0, 0.05) is 12.5 Å². The second kappa shape index (κ2) is 16.5. The second-order valence-corrected chi connectivity index (χ2v) is 9.51. The lowest BCUT2D eigenvalue weighted by Crippen LogP contribution is -2.57. The van der Waals surface area contributed by atoms with Crippen LogP contribution in [0.25, 0.3) is 0 Å². The van der Waals surface area contributed by atoms with Gasteiger partial charge in [-0.3, -0.25) is 14.4 Å². The van der Waals surface area contributed by atoms with Gasteiger partial charge in [-0.05, 0) is 25.1 Å². The molecule has 0 saturated heterocycles. The zero-order valence-electron chi connectivity index (χ0n) is 22.5. The Balaban J connectivity index is 0.000000780. The van der Waals surface area contributed by atoms with Gasteiger partial charge < -0.3 is 21.3 Å². The van der Waals surface area contributed by atoms with Crippen LogP contribution in [0.15, 0.2) is 60.7 Å². The van der Waals surface area contributed by atoms with Gasteiger partial charge in [0.25, 0.3) is 5.91 Å². The van der Waals surface area contributed by atoms with Gasteiger partial charge in [-0.15, -0.1) is 0 Å². The molecule has 2 unspecified atom stereocenters. The number of carbonyl (C=O) groups excluding carboxylic acids is 3. The van der Waals surface area contributed by atoms with Gasteiger partial charge in [-0.2, -0.15) is 13.2 Å². The van der Waals surface area contributed by atoms with E-state index >= 15 is 0 Å². The maximum atomic E-state index is 13.5. The second-order valence-electron chi connectivity index (χ2n) is 9.51. The molecule has 2 aromatic rings. The Kier molecular flexibility index (Phi) is 13.5. The maximum Gasteiger partial charge on any atom is 0.417 e. The van der Waals surface area contributed by atoms with Crippen molar-refractivity contribution in [2.75, 3.05) is 20.1 Å². The Labute approximate surface area is 228 Å². The van der Waals surface area contributed by atoms with Crippen molar-refractivity contribution < 1.29 is 27.6 Å². The summed E-state index contributed by atoms with van der Waals surface area (Å²) in [6, 6.07) is 14.7. The van der Waals surface area contributed by atoms with Gasteiger partial charge in [-0.25, -0.2) is 0 Å². The van der Waals surface area contributed by atoms with Crippen molar-refractivity contribution in [1.82, 2.24) is 21.3 Å². The summed E-state index contributed by atoms with van der Waals surface area (Å²) in [4.78, 5) is 36.1. The standard InChI is InChI=1S/C23H27F3N4O3.C6H12/c1-15(27-2)21(32)29-14-19(31)30-20(23(24,25)26)22(33)28-13-18(16-9-5-3-6-10-16)17-11-7-4-8-12-17;1-2-4-6-5-3-1/h3-12,15,18,20,27H,13-14H2,1-2H3,(H,28,33)(H,29,32)(H,30,31);1-6H2. The van der Waals surface area contributed by atoms with Crippen LogP contribution in [0.5, 0.6) is 0 Å². The number of alkyl halides is 3. The van der Waals surface area contributed by atoms with E-state index in [9.17, 15) is 27.6 Å². The molecule has 0 bridgehead atoms. The topological polar surface area (TPSA) is 99.3 Å². The minimum Gasteiger partial charge on any atom is -0.353 e. The van der Waals surface area contributed by atoms with Crippen LogP contribution < -0.4 is 21.3 Å². The third-order valence-electron chi connectivity index (χ3n) is 6.53. The molecular weight excluding hydrogens is 509 g/mol. The summed E-state index contributed by atoms with van der Waals surface area (Å²) in [5.41, 5.74) is 1.64. The van der Waals surface area contributed by atoms with Gasteiger partial charge >= 0.3 is 6.18 Å². The quantitative estimate of drug-likeness (QED) is 0.360. The lowest BCUT2D eigenvalue weighted by atomic mass is 9.91. The lowest BCUT2D eigenvalue weighted by Gasteiger charge is -2.24. The van der Waals surface area contributed by atoms with E-state index in [-0.39, 0.29) is 12.5 Å². The molecule has 0 aliphatic heterocycles. The monoisotopic (exact) mass is 548 g/mol. The Morgan fingerprint density at radius 1 is 0.769 bits per heavy atom. The van der Waals surface area contributed by atoms with Gasteiger partial charge in [0.1, 0.15) is 0 Å². The van der Waals surface area contributed by atoms with E-state index in [1.54, 1.807) is 29.6 Å². The molecule has 1 aliphatic rings. The molecule has 1 aliphatic carbocycles. The normalized spacial score (nSPS) is 14.8. The summed E-state index contributed by atoms with van der Waals surface area (Å²) in [7, 11) is 1.52. The molecule has 0 aromatic heterocycles. The van der Waals surface area contributed by atoms with Crippen LogP contribution in [0.2, 0.25) is 0 Å². The summed E-state index contributed by atoms with van der Waals surface area (Å²) in [6.45, 7) is 0.724. The van der Waals surface area contributed by atoms with E-state index in [0.29, 0.717) is 0 Å². The number of amides is 3. The Bertz CT molecular complexity index is 964. The van der Waals surface area contributed by atoms with E-state index in [2.05, 4.69) is 16.0 Å². The van der Waals surface area contributed by atoms with E-state index in [1.807, 2.05) is 36.4 Å². The minimum atomic E-state index is -5.02. The molecule has 0 radical (unpaired) electrons. The first-order valence-electron chi connectivity index (χ1n) is 13.3. The van der Waals surface area contributed by atoms with Crippen molar-refractivity contribution in [3.63, 3.8) is 0 Å². The highest BCUT2D eigenvalue weighted by Crippen LogP contribution is 2.25. The molecule has 39 heavy (non-hydrogen) atoms. The highest BCUT2D eigenvalue weighted by atomic mass is 19.4. The fourth-order valence-electron chi connectivity index (χ4n) is 4.12. The minimum absolute atomic E-state index is 0.105. The van der Waals surface area contributed by atoms with Crippen LogP contribution >= 0.6 is 0 Å². The molecule has 7 nitrogen and oxygen atoms in total. The van der Waals surface area contributed by atoms with Crippen molar-refractivity contribution in [3.8, 4) is 0 Å². The van der Waals surface area contributed by atoms with Crippen LogP contribution in [0.3, 0.4) is 0 Å². The predicted molar refractivity (Wildman–Crippen MR) is 145 cm³/mol. The molecule has 3 amide bonds. The zero-order chi connectivity index (χ0) is 28.7. The van der Waals surface area contributed by atoms with Gasteiger partial charge in [-0.1, -0.05) is 99.2 Å². The number of hydrogen-bond donors (Lipinski definition) is 4. The summed E-state index contributed by atoms with van der Waals surface area (Å²) in [6.07, 6.45) is 3.98. The molecule has 3 rings (SSSR count). The average Bonchev–Trinajstić information content (AvgIpc) is 2.96. The fourth-order valence-corrected chi connectivity index (χ4v) is 4.12. The van der Waals surface area contributed by atoms with Crippen molar-refractivity contribution in [1.29, 1.82) is 0 Å². The van der Waals surface area contributed by atoms with Gasteiger partial charge in [0.2, 0.25) is 17.9 Å². The Morgan fingerprint density at radius 3 is 1.64 bits per heavy atom. The van der Waals surface area contributed by atoms with Crippen molar-refractivity contribution in [3.05, 3.63) is 71.8 Å². The van der Waals surface area contributed by atoms with Crippen LogP contribution in [-0.4, -0.2) is 56.1 Å². The summed E-state index contributed by atoms with van der Waals surface area (Å²) >= 11 is 0. The highest BCUT2D eigenvalue weighted by Gasteiger charge is 2.46. The number of rotatable bonds is 10. The number of benzene rings is 2. The maximum absolute atomic E-state index is 13.5. The van der Waals surface area contributed by atoms with E-state index < -0.39 is 42.5 Å². The number of likely N-dealkylation sites (N-methyl/N-ethyl adjacent to an activating group) is 1. The van der Waals surface area contributed by atoms with Crippen LogP contribution in [0.4, 0.5) is 13.2 Å². The molecule has 4 N–H and O–H groups in total. The third-order valence-corrected chi connectivity index (χ3v) is 6.53. The first-order chi connectivity index (χ1) is 18.6. The predicted octanol–water partition coefficient (Wildman–Crippen LogP) is 4.05. The van der Waals surface area contributed by atoms with Crippen molar-refractivity contribution >= 4 is 17.7 Å². The molecular formula is C29H39F3N4O3. The number of hydrogen-bond acceptors (Lipinski definition) is 4. The lowest BCUT2D eigenvalue weighted by molar-refractivity contribution is -0.171. The summed E-state index contributed by atoms with van der Waals surface area (Å²) < 4.78 is 40.5. The molecule has 1 saturated carbocycles. The van der Waals surface area contributed by atoms with E-state index in [1.165, 1.54) is 52.5 Å². The molecule has 0 heterocycles. The van der Waals surface area contributed by atoms with Crippen LogP contribution in [0.1, 0.15) is 62.5 Å². The SMILES string of the molecule is C1CCCCC1.CNC(C)C(=O)NCC(=O)NC(C(=O)NCC(c1ccccc1)c1ccccc1)C(F)(F)F. The number of halogens is 3. The fraction of sp³-hybridized carbons (Fsp3) is 0.483. The van der Waals surface area contributed by atoms with Crippen LogP contribution in [0, 0.1) is 0 Å². The molecule has 2 atom stereocenters. The highest BCUT2D eigenvalue weighted by molar-refractivity contribution is 5.91. The zero-order valence-corrected chi connectivity index (χ0v) is 22.5. The summed E-state index contributed by atoms with van der Waals surface area (Å²) in [5.74, 6) is -3.47. The number of nitrogens with one attached hydrogen (secondary N) is 4.